The number of anilines is 1. The summed E-state index contributed by atoms with van der Waals surface area (Å²) in [6.45, 7) is 13.4. The lowest BCUT2D eigenvalue weighted by atomic mass is 9.86. The minimum atomic E-state index is -4.69. The number of benzene rings is 2. The Labute approximate surface area is 179 Å². The first kappa shape index (κ1) is 23.7. The fourth-order valence-electron chi connectivity index (χ4n) is 3.33. The number of amides is 1. The molecule has 0 heterocycles. The Balaban J connectivity index is 2.68. The molecule has 0 aliphatic heterocycles. The van der Waals surface area contributed by atoms with E-state index in [0.717, 1.165) is 0 Å². The van der Waals surface area contributed by atoms with Gasteiger partial charge in [-0.2, -0.15) is 8.42 Å². The van der Waals surface area contributed by atoms with E-state index in [1.807, 2.05) is 54.5 Å². The smallest absolute Gasteiger partial charge is 0.428 e. The lowest BCUT2D eigenvalue weighted by Gasteiger charge is -2.28. The Hall–Kier alpha value is -2.54. The summed E-state index contributed by atoms with van der Waals surface area (Å²) in [5.74, 6) is 0.185. The molecule has 1 N–H and O–H groups in total. The van der Waals surface area contributed by atoms with Gasteiger partial charge in [-0.15, -0.1) is 4.31 Å². The third-order valence-electron chi connectivity index (χ3n) is 4.84. The molecule has 2 aromatic rings. The van der Waals surface area contributed by atoms with E-state index in [-0.39, 0.29) is 23.3 Å². The fraction of sp³-hybridized carbons (Fsp3) is 0.435. The van der Waals surface area contributed by atoms with Crippen LogP contribution in [0.5, 0.6) is 5.75 Å². The Morgan fingerprint density at radius 2 is 1.43 bits per heavy atom. The second-order valence-electron chi connectivity index (χ2n) is 8.93. The molecule has 7 heteroatoms. The molecule has 0 aliphatic carbocycles. The average molecular weight is 434 g/mol. The zero-order valence-electron chi connectivity index (χ0n) is 18.6. The summed E-state index contributed by atoms with van der Waals surface area (Å²) in [6.07, 6.45) is -1.63. The summed E-state index contributed by atoms with van der Waals surface area (Å²) in [4.78, 5) is 12.1. The normalized spacial score (nSPS) is 12.3. The SMILES string of the molecule is CC(C)c1cccc(C(C)C)c1OS(=O)(=O)N(C(=O)O)c1ccccc1C(C)(C)C. The number of rotatable bonds is 6. The van der Waals surface area contributed by atoms with Gasteiger partial charge in [0.05, 0.1) is 5.69 Å². The first-order valence-electron chi connectivity index (χ1n) is 9.97. The van der Waals surface area contributed by atoms with Gasteiger partial charge in [0, 0.05) is 0 Å². The van der Waals surface area contributed by atoms with Crippen molar-refractivity contribution < 1.29 is 22.5 Å². The predicted octanol–water partition coefficient (Wildman–Crippen LogP) is 6.04. The van der Waals surface area contributed by atoms with Crippen molar-refractivity contribution >= 4 is 22.1 Å². The number of nitrogens with zero attached hydrogens (tertiary/aromatic N) is 1. The number of hydrogen-bond acceptors (Lipinski definition) is 4. The Bertz CT molecular complexity index is 994. The van der Waals surface area contributed by atoms with Crippen LogP contribution in [0.15, 0.2) is 42.5 Å². The maximum Gasteiger partial charge on any atom is 0.428 e. The lowest BCUT2D eigenvalue weighted by Crippen LogP contribution is -2.40. The summed E-state index contributed by atoms with van der Waals surface area (Å²) < 4.78 is 32.5. The van der Waals surface area contributed by atoms with Crippen LogP contribution in [0.3, 0.4) is 0 Å². The van der Waals surface area contributed by atoms with Gasteiger partial charge in [-0.05, 0) is 40.0 Å². The standard InChI is InChI=1S/C23H31NO5S/c1-15(2)17-11-10-12-18(16(3)4)21(17)29-30(27,28)24(22(25)26)20-14-9-8-13-19(20)23(5,6)7/h8-16H,1-7H3,(H,25,26). The molecule has 0 saturated carbocycles. The molecule has 1 amide bonds. The van der Waals surface area contributed by atoms with Crippen LogP contribution in [0, 0.1) is 0 Å². The van der Waals surface area contributed by atoms with Gasteiger partial charge >= 0.3 is 16.4 Å². The van der Waals surface area contributed by atoms with Crippen LogP contribution in [-0.2, 0) is 15.7 Å². The third kappa shape index (κ3) is 4.95. The van der Waals surface area contributed by atoms with Gasteiger partial charge in [-0.3, -0.25) is 0 Å². The molecular formula is C23H31NO5S. The average Bonchev–Trinajstić information content (AvgIpc) is 2.60. The number of carbonyl (C=O) groups is 1. The predicted molar refractivity (Wildman–Crippen MR) is 120 cm³/mol. The number of para-hydroxylation sites is 2. The van der Waals surface area contributed by atoms with Gasteiger partial charge in [-0.1, -0.05) is 84.9 Å². The second-order valence-corrected chi connectivity index (χ2v) is 10.3. The largest absolute Gasteiger partial charge is 0.464 e. The van der Waals surface area contributed by atoms with Crippen LogP contribution in [0.4, 0.5) is 10.5 Å². The molecule has 2 aromatic carbocycles. The molecule has 0 fully saturated rings. The third-order valence-corrected chi connectivity index (χ3v) is 6.01. The molecule has 0 bridgehead atoms. The van der Waals surface area contributed by atoms with Crippen molar-refractivity contribution in [2.24, 2.45) is 0 Å². The molecule has 2 rings (SSSR count). The minimum Gasteiger partial charge on any atom is -0.464 e. The Morgan fingerprint density at radius 3 is 1.87 bits per heavy atom. The van der Waals surface area contributed by atoms with E-state index >= 15 is 0 Å². The maximum absolute atomic E-state index is 13.3. The quantitative estimate of drug-likeness (QED) is 0.600. The van der Waals surface area contributed by atoms with Crippen LogP contribution in [0.25, 0.3) is 0 Å². The zero-order valence-corrected chi connectivity index (χ0v) is 19.4. The van der Waals surface area contributed by atoms with E-state index in [1.165, 1.54) is 6.07 Å². The van der Waals surface area contributed by atoms with Crippen molar-refractivity contribution in [2.45, 2.75) is 65.7 Å². The van der Waals surface area contributed by atoms with E-state index < -0.39 is 21.8 Å². The van der Waals surface area contributed by atoms with E-state index in [1.54, 1.807) is 30.3 Å². The first-order valence-corrected chi connectivity index (χ1v) is 11.3. The molecule has 0 aromatic heterocycles. The Kier molecular flexibility index (Phi) is 6.87. The molecule has 0 spiro atoms. The molecule has 6 nitrogen and oxygen atoms in total. The van der Waals surface area contributed by atoms with Crippen molar-refractivity contribution in [3.05, 3.63) is 59.2 Å². The summed E-state index contributed by atoms with van der Waals surface area (Å²) in [7, 11) is -4.69. The van der Waals surface area contributed by atoms with E-state index in [4.69, 9.17) is 4.18 Å². The zero-order chi connectivity index (χ0) is 22.9. The van der Waals surface area contributed by atoms with Crippen molar-refractivity contribution in [3.8, 4) is 5.75 Å². The van der Waals surface area contributed by atoms with Crippen molar-refractivity contribution in [1.29, 1.82) is 0 Å². The molecule has 30 heavy (non-hydrogen) atoms. The monoisotopic (exact) mass is 433 g/mol. The lowest BCUT2D eigenvalue weighted by molar-refractivity contribution is 0.205. The van der Waals surface area contributed by atoms with Gasteiger partial charge in [0.15, 0.2) is 5.75 Å². The highest BCUT2D eigenvalue weighted by Crippen LogP contribution is 2.38. The molecule has 164 valence electrons. The van der Waals surface area contributed by atoms with E-state index in [9.17, 15) is 18.3 Å². The van der Waals surface area contributed by atoms with Gasteiger partial charge in [-0.25, -0.2) is 4.79 Å². The van der Waals surface area contributed by atoms with Crippen LogP contribution in [0.1, 0.15) is 77.0 Å². The van der Waals surface area contributed by atoms with Crippen LogP contribution < -0.4 is 8.49 Å². The van der Waals surface area contributed by atoms with Gasteiger partial charge in [0.25, 0.3) is 0 Å². The minimum absolute atomic E-state index is 0.00552. The number of hydrogen-bond donors (Lipinski definition) is 1. The Morgan fingerprint density at radius 1 is 0.933 bits per heavy atom. The van der Waals surface area contributed by atoms with Crippen molar-refractivity contribution in [1.82, 2.24) is 0 Å². The molecule has 0 saturated heterocycles. The topological polar surface area (TPSA) is 83.9 Å². The van der Waals surface area contributed by atoms with Crippen LogP contribution >= 0.6 is 0 Å². The van der Waals surface area contributed by atoms with Crippen LogP contribution in [0.2, 0.25) is 0 Å². The van der Waals surface area contributed by atoms with E-state index in [0.29, 0.717) is 21.0 Å². The fourth-order valence-corrected chi connectivity index (χ4v) is 4.39. The molecule has 0 radical (unpaired) electrons. The molecular weight excluding hydrogens is 402 g/mol. The second kappa shape index (κ2) is 8.68. The number of carboxylic acid groups (broad SMARTS) is 1. The van der Waals surface area contributed by atoms with Crippen molar-refractivity contribution in [2.75, 3.05) is 4.31 Å². The summed E-state index contributed by atoms with van der Waals surface area (Å²) in [5, 5.41) is 9.85. The van der Waals surface area contributed by atoms with Gasteiger partial charge in [0.1, 0.15) is 0 Å². The molecule has 0 atom stereocenters. The first-order chi connectivity index (χ1) is 13.8. The summed E-state index contributed by atoms with van der Waals surface area (Å²) >= 11 is 0. The summed E-state index contributed by atoms with van der Waals surface area (Å²) in [5.41, 5.74) is 1.59. The van der Waals surface area contributed by atoms with Gasteiger partial charge in [0.2, 0.25) is 0 Å². The summed E-state index contributed by atoms with van der Waals surface area (Å²) in [6, 6.07) is 12.0. The molecule has 0 unspecified atom stereocenters. The van der Waals surface area contributed by atoms with Crippen LogP contribution in [-0.4, -0.2) is 19.6 Å². The highest BCUT2D eigenvalue weighted by Gasteiger charge is 2.36. The highest BCUT2D eigenvalue weighted by molar-refractivity contribution is 7.89. The maximum atomic E-state index is 13.3. The van der Waals surface area contributed by atoms with Gasteiger partial charge < -0.3 is 9.29 Å². The van der Waals surface area contributed by atoms with E-state index in [2.05, 4.69) is 0 Å². The van der Waals surface area contributed by atoms with Crippen molar-refractivity contribution in [3.63, 3.8) is 0 Å². The molecule has 0 aliphatic rings. The highest BCUT2D eigenvalue weighted by atomic mass is 32.2.